The van der Waals surface area contributed by atoms with Gasteiger partial charge in [-0.25, -0.2) is 0 Å². The molecule has 1 aliphatic rings. The van der Waals surface area contributed by atoms with Crippen LogP contribution in [0.4, 0.5) is 0 Å². The highest BCUT2D eigenvalue weighted by Crippen LogP contribution is 2.41. The lowest BCUT2D eigenvalue weighted by molar-refractivity contribution is 0.286. The number of nitrogens with two attached hydrogens (primary N) is 1. The molecule has 0 aromatic carbocycles. The SMILES string of the molecule is COc1cnn(C(C)C)c1C1CCCCC1CN. The fourth-order valence-corrected chi connectivity index (χ4v) is 3.13. The van der Waals surface area contributed by atoms with Gasteiger partial charge in [-0.2, -0.15) is 5.10 Å². The maximum atomic E-state index is 5.95. The Hall–Kier alpha value is -1.03. The van der Waals surface area contributed by atoms with E-state index in [4.69, 9.17) is 10.5 Å². The highest BCUT2D eigenvalue weighted by Gasteiger charge is 2.31. The van der Waals surface area contributed by atoms with Crippen molar-refractivity contribution in [1.29, 1.82) is 0 Å². The molecule has 0 saturated heterocycles. The Morgan fingerprint density at radius 1 is 1.44 bits per heavy atom. The first-order valence-electron chi connectivity index (χ1n) is 7.00. The maximum Gasteiger partial charge on any atom is 0.160 e. The van der Waals surface area contributed by atoms with Crippen LogP contribution in [0.1, 0.15) is 57.2 Å². The van der Waals surface area contributed by atoms with E-state index in [-0.39, 0.29) is 0 Å². The van der Waals surface area contributed by atoms with Gasteiger partial charge in [-0.05, 0) is 39.2 Å². The van der Waals surface area contributed by atoms with Crippen molar-refractivity contribution in [2.24, 2.45) is 11.7 Å². The van der Waals surface area contributed by atoms with E-state index in [1.807, 2.05) is 6.20 Å². The van der Waals surface area contributed by atoms with Gasteiger partial charge in [0.15, 0.2) is 5.75 Å². The van der Waals surface area contributed by atoms with Gasteiger partial charge in [0.25, 0.3) is 0 Å². The van der Waals surface area contributed by atoms with Crippen molar-refractivity contribution in [3.05, 3.63) is 11.9 Å². The van der Waals surface area contributed by atoms with E-state index >= 15 is 0 Å². The molecule has 4 heteroatoms. The molecule has 4 nitrogen and oxygen atoms in total. The Bertz CT molecular complexity index is 386. The fraction of sp³-hybridized carbons (Fsp3) is 0.786. The van der Waals surface area contributed by atoms with Crippen LogP contribution in [0.2, 0.25) is 0 Å². The zero-order valence-corrected chi connectivity index (χ0v) is 11.7. The second kappa shape index (κ2) is 5.74. The Kier molecular flexibility index (Phi) is 4.27. The molecule has 0 aliphatic heterocycles. The van der Waals surface area contributed by atoms with Crippen LogP contribution in [0.5, 0.6) is 5.75 Å². The van der Waals surface area contributed by atoms with Gasteiger partial charge in [-0.3, -0.25) is 4.68 Å². The molecule has 2 N–H and O–H groups in total. The summed E-state index contributed by atoms with van der Waals surface area (Å²) < 4.78 is 7.61. The molecule has 1 fully saturated rings. The summed E-state index contributed by atoms with van der Waals surface area (Å²) in [7, 11) is 1.73. The van der Waals surface area contributed by atoms with Gasteiger partial charge in [0.2, 0.25) is 0 Å². The first kappa shape index (κ1) is 13.4. The molecule has 0 bridgehead atoms. The van der Waals surface area contributed by atoms with Gasteiger partial charge in [-0.15, -0.1) is 0 Å². The van der Waals surface area contributed by atoms with Crippen molar-refractivity contribution >= 4 is 0 Å². The van der Waals surface area contributed by atoms with E-state index in [1.165, 1.54) is 31.4 Å². The number of aromatic nitrogens is 2. The van der Waals surface area contributed by atoms with Gasteiger partial charge in [0.05, 0.1) is 19.0 Å². The van der Waals surface area contributed by atoms with E-state index in [9.17, 15) is 0 Å². The predicted octanol–water partition coefficient (Wildman–Crippen LogP) is 2.71. The lowest BCUT2D eigenvalue weighted by Crippen LogP contribution is -2.27. The summed E-state index contributed by atoms with van der Waals surface area (Å²) in [6.07, 6.45) is 6.87. The van der Waals surface area contributed by atoms with Gasteiger partial charge >= 0.3 is 0 Å². The van der Waals surface area contributed by atoms with Gasteiger partial charge in [-0.1, -0.05) is 12.8 Å². The van der Waals surface area contributed by atoms with Crippen molar-refractivity contribution in [3.63, 3.8) is 0 Å². The summed E-state index contributed by atoms with van der Waals surface area (Å²) in [6, 6.07) is 0.365. The maximum absolute atomic E-state index is 5.95. The van der Waals surface area contributed by atoms with Crippen LogP contribution in [-0.4, -0.2) is 23.4 Å². The van der Waals surface area contributed by atoms with Crippen LogP contribution in [0.15, 0.2) is 6.20 Å². The zero-order chi connectivity index (χ0) is 13.1. The molecule has 102 valence electrons. The number of methoxy groups -OCH3 is 1. The first-order valence-corrected chi connectivity index (χ1v) is 7.00. The monoisotopic (exact) mass is 251 g/mol. The molecule has 1 heterocycles. The molecule has 0 amide bonds. The van der Waals surface area contributed by atoms with E-state index < -0.39 is 0 Å². The lowest BCUT2D eigenvalue weighted by atomic mass is 9.77. The third-order valence-corrected chi connectivity index (χ3v) is 4.07. The number of nitrogens with zero attached hydrogens (tertiary/aromatic N) is 2. The van der Waals surface area contributed by atoms with Crippen molar-refractivity contribution in [3.8, 4) is 5.75 Å². The topological polar surface area (TPSA) is 53.1 Å². The van der Waals surface area contributed by atoms with E-state index in [0.29, 0.717) is 17.9 Å². The highest BCUT2D eigenvalue weighted by molar-refractivity contribution is 5.30. The summed E-state index contributed by atoms with van der Waals surface area (Å²) in [6.45, 7) is 5.09. The minimum absolute atomic E-state index is 0.365. The second-order valence-corrected chi connectivity index (χ2v) is 5.52. The fourth-order valence-electron chi connectivity index (χ4n) is 3.13. The molecule has 18 heavy (non-hydrogen) atoms. The molecule has 1 aromatic rings. The quantitative estimate of drug-likeness (QED) is 0.895. The van der Waals surface area contributed by atoms with Crippen molar-refractivity contribution in [2.45, 2.75) is 51.5 Å². The lowest BCUT2D eigenvalue weighted by Gasteiger charge is -2.32. The summed E-state index contributed by atoms with van der Waals surface area (Å²) in [4.78, 5) is 0. The van der Waals surface area contributed by atoms with Gasteiger partial charge in [0.1, 0.15) is 0 Å². The summed E-state index contributed by atoms with van der Waals surface area (Å²) >= 11 is 0. The van der Waals surface area contributed by atoms with Crippen LogP contribution in [0.25, 0.3) is 0 Å². The summed E-state index contributed by atoms with van der Waals surface area (Å²) in [5, 5.41) is 4.48. The molecule has 2 rings (SSSR count). The molecule has 1 saturated carbocycles. The smallest absolute Gasteiger partial charge is 0.160 e. The second-order valence-electron chi connectivity index (χ2n) is 5.52. The molecule has 1 aliphatic carbocycles. The standard InChI is InChI=1S/C14H25N3O/c1-10(2)17-14(13(18-3)9-16-17)12-7-5-4-6-11(12)8-15/h9-12H,4-8,15H2,1-3H3. The zero-order valence-electron chi connectivity index (χ0n) is 11.7. The van der Waals surface area contributed by atoms with Gasteiger partial charge < -0.3 is 10.5 Å². The van der Waals surface area contributed by atoms with Crippen molar-refractivity contribution in [1.82, 2.24) is 9.78 Å². The van der Waals surface area contributed by atoms with Crippen LogP contribution < -0.4 is 10.5 Å². The molecule has 1 aromatic heterocycles. The predicted molar refractivity (Wildman–Crippen MR) is 72.9 cm³/mol. The number of hydrogen-bond donors (Lipinski definition) is 1. The molecule has 2 unspecified atom stereocenters. The first-order chi connectivity index (χ1) is 8.69. The van der Waals surface area contributed by atoms with E-state index in [2.05, 4.69) is 23.6 Å². The minimum Gasteiger partial charge on any atom is -0.493 e. The molecule has 0 spiro atoms. The highest BCUT2D eigenvalue weighted by atomic mass is 16.5. The van der Waals surface area contributed by atoms with Crippen molar-refractivity contribution < 1.29 is 4.74 Å². The average molecular weight is 251 g/mol. The van der Waals surface area contributed by atoms with Crippen LogP contribution in [0, 0.1) is 5.92 Å². The summed E-state index contributed by atoms with van der Waals surface area (Å²) in [5.41, 5.74) is 7.20. The molecular weight excluding hydrogens is 226 g/mol. The number of rotatable bonds is 4. The third kappa shape index (κ3) is 2.39. The third-order valence-electron chi connectivity index (χ3n) is 4.07. The Morgan fingerprint density at radius 2 is 2.17 bits per heavy atom. The molecule has 2 atom stereocenters. The number of hydrogen-bond acceptors (Lipinski definition) is 3. The minimum atomic E-state index is 0.365. The van der Waals surface area contributed by atoms with Gasteiger partial charge in [0, 0.05) is 12.0 Å². The molecule has 0 radical (unpaired) electrons. The Labute approximate surface area is 110 Å². The van der Waals surface area contributed by atoms with Crippen LogP contribution in [-0.2, 0) is 0 Å². The Morgan fingerprint density at radius 3 is 2.78 bits per heavy atom. The van der Waals surface area contributed by atoms with Crippen molar-refractivity contribution in [2.75, 3.05) is 13.7 Å². The number of ether oxygens (including phenoxy) is 1. The van der Waals surface area contributed by atoms with Crippen LogP contribution >= 0.6 is 0 Å². The largest absolute Gasteiger partial charge is 0.493 e. The normalized spacial score (nSPS) is 24.5. The summed E-state index contributed by atoms with van der Waals surface area (Å²) in [5.74, 6) is 2.00. The molecular formula is C14H25N3O. The Balaban J connectivity index is 2.37. The van der Waals surface area contributed by atoms with Crippen LogP contribution in [0.3, 0.4) is 0 Å². The van der Waals surface area contributed by atoms with E-state index in [0.717, 1.165) is 12.3 Å². The van der Waals surface area contributed by atoms with E-state index in [1.54, 1.807) is 7.11 Å². The average Bonchev–Trinajstić information content (AvgIpc) is 2.82.